The number of carbonyl (C=O) groups excluding carboxylic acids is 2. The Balaban J connectivity index is 1.48. The van der Waals surface area contributed by atoms with Gasteiger partial charge in [-0.05, 0) is 43.5 Å². The number of fused-ring (bicyclic) bond motifs is 1. The van der Waals surface area contributed by atoms with Crippen LogP contribution in [-0.4, -0.2) is 82.9 Å². The summed E-state index contributed by atoms with van der Waals surface area (Å²) in [5.74, 6) is -0.0630. The molecule has 2 heterocycles. The van der Waals surface area contributed by atoms with E-state index in [1.54, 1.807) is 11.8 Å². The summed E-state index contributed by atoms with van der Waals surface area (Å²) in [5.41, 5.74) is 3.07. The molecule has 1 fully saturated rings. The maximum Gasteiger partial charge on any atom is 0.234 e. The highest BCUT2D eigenvalue weighted by molar-refractivity contribution is 6.31. The maximum atomic E-state index is 13.2. The average molecular weight is 524 g/mol. The minimum absolute atomic E-state index is 0.0101. The molecule has 0 radical (unpaired) electrons. The predicted molar refractivity (Wildman–Crippen MR) is 150 cm³/mol. The first-order chi connectivity index (χ1) is 17.8. The van der Waals surface area contributed by atoms with Crippen LogP contribution in [0.3, 0.4) is 0 Å². The van der Waals surface area contributed by atoms with Crippen LogP contribution in [0.5, 0.6) is 0 Å². The zero-order valence-electron chi connectivity index (χ0n) is 22.0. The number of rotatable bonds is 10. The highest BCUT2D eigenvalue weighted by Crippen LogP contribution is 2.21. The molecule has 2 amide bonds. The van der Waals surface area contributed by atoms with Crippen LogP contribution >= 0.6 is 11.6 Å². The molecule has 2 N–H and O–H groups in total. The number of nitrogens with zero attached hydrogens (tertiary/aromatic N) is 3. The third-order valence-corrected chi connectivity index (χ3v) is 7.58. The molecule has 8 heteroatoms. The molecule has 1 aromatic heterocycles. The van der Waals surface area contributed by atoms with E-state index in [1.807, 2.05) is 48.7 Å². The van der Waals surface area contributed by atoms with E-state index in [-0.39, 0.29) is 17.9 Å². The van der Waals surface area contributed by atoms with Crippen molar-refractivity contribution in [2.75, 3.05) is 39.3 Å². The topological polar surface area (TPSA) is 71.7 Å². The Morgan fingerprint density at radius 1 is 1.03 bits per heavy atom. The fraction of sp³-hybridized carbons (Fsp3) is 0.448. The van der Waals surface area contributed by atoms with Gasteiger partial charge in [-0.1, -0.05) is 48.0 Å². The first kappa shape index (κ1) is 27.2. The van der Waals surface area contributed by atoms with E-state index >= 15 is 0 Å². The molecule has 2 aromatic carbocycles. The Hall–Kier alpha value is -2.87. The number of hydrogen-bond donors (Lipinski definition) is 2. The fourth-order valence-corrected chi connectivity index (χ4v) is 5.24. The molecule has 1 saturated heterocycles. The van der Waals surface area contributed by atoms with Crippen molar-refractivity contribution in [2.45, 2.75) is 45.8 Å². The Morgan fingerprint density at radius 3 is 2.43 bits per heavy atom. The third kappa shape index (κ3) is 7.34. The van der Waals surface area contributed by atoms with Crippen molar-refractivity contribution < 1.29 is 9.59 Å². The van der Waals surface area contributed by atoms with Crippen LogP contribution < -0.4 is 5.32 Å². The molecule has 4 rings (SSSR count). The monoisotopic (exact) mass is 523 g/mol. The van der Waals surface area contributed by atoms with Gasteiger partial charge in [0.1, 0.15) is 0 Å². The van der Waals surface area contributed by atoms with Gasteiger partial charge in [-0.15, -0.1) is 0 Å². The second kappa shape index (κ2) is 12.6. The quantitative estimate of drug-likeness (QED) is 0.422. The molecule has 0 bridgehead atoms. The molecule has 37 heavy (non-hydrogen) atoms. The molecule has 1 atom stereocenters. The van der Waals surface area contributed by atoms with E-state index in [0.717, 1.165) is 48.2 Å². The lowest BCUT2D eigenvalue weighted by Crippen LogP contribution is -2.53. The number of amides is 2. The van der Waals surface area contributed by atoms with Gasteiger partial charge in [0.05, 0.1) is 12.6 Å². The van der Waals surface area contributed by atoms with Crippen LogP contribution in [0.25, 0.3) is 10.9 Å². The van der Waals surface area contributed by atoms with E-state index in [4.69, 9.17) is 11.6 Å². The summed E-state index contributed by atoms with van der Waals surface area (Å²) >= 11 is 6.39. The molecule has 0 unspecified atom stereocenters. The number of aromatic amines is 1. The second-order valence-corrected chi connectivity index (χ2v) is 10.6. The van der Waals surface area contributed by atoms with Crippen molar-refractivity contribution in [1.29, 1.82) is 0 Å². The maximum absolute atomic E-state index is 13.2. The summed E-state index contributed by atoms with van der Waals surface area (Å²) in [7, 11) is 0. The average Bonchev–Trinajstić information content (AvgIpc) is 3.27. The Labute approximate surface area is 224 Å². The van der Waals surface area contributed by atoms with Crippen LogP contribution in [0.2, 0.25) is 5.02 Å². The van der Waals surface area contributed by atoms with Gasteiger partial charge in [-0.2, -0.15) is 0 Å². The van der Waals surface area contributed by atoms with Crippen molar-refractivity contribution in [3.63, 3.8) is 0 Å². The lowest BCUT2D eigenvalue weighted by atomic mass is 10.0. The molecule has 198 valence electrons. The molecular weight excluding hydrogens is 486 g/mol. The SMILES string of the molecule is CC(=O)N(Cc1ccccc1Cl)C[C@@H](Cc1c[nH]c2ccccc12)NC(=O)CN1CCN(C(C)C)CC1. The van der Waals surface area contributed by atoms with Gasteiger partial charge in [0.25, 0.3) is 0 Å². The lowest BCUT2D eigenvalue weighted by Gasteiger charge is -2.36. The zero-order valence-corrected chi connectivity index (χ0v) is 22.8. The van der Waals surface area contributed by atoms with Crippen molar-refractivity contribution in [1.82, 2.24) is 25.0 Å². The minimum atomic E-state index is -0.241. The Kier molecular flexibility index (Phi) is 9.24. The predicted octanol–water partition coefficient (Wildman–Crippen LogP) is 3.92. The largest absolute Gasteiger partial charge is 0.361 e. The van der Waals surface area contributed by atoms with Gasteiger partial charge >= 0.3 is 0 Å². The summed E-state index contributed by atoms with van der Waals surface area (Å²) < 4.78 is 0. The number of nitrogens with one attached hydrogen (secondary N) is 2. The van der Waals surface area contributed by atoms with E-state index in [1.165, 1.54) is 0 Å². The molecule has 0 saturated carbocycles. The van der Waals surface area contributed by atoms with Crippen LogP contribution in [-0.2, 0) is 22.6 Å². The van der Waals surface area contributed by atoms with Crippen LogP contribution in [0.4, 0.5) is 0 Å². The van der Waals surface area contributed by atoms with Gasteiger partial charge in [0.2, 0.25) is 11.8 Å². The molecule has 1 aliphatic heterocycles. The highest BCUT2D eigenvalue weighted by Gasteiger charge is 2.24. The normalized spacial score (nSPS) is 15.7. The third-order valence-electron chi connectivity index (χ3n) is 7.22. The summed E-state index contributed by atoms with van der Waals surface area (Å²) in [6.07, 6.45) is 2.62. The molecule has 3 aromatic rings. The fourth-order valence-electron chi connectivity index (χ4n) is 5.04. The number of halogens is 1. The number of aromatic nitrogens is 1. The Bertz CT molecular complexity index is 1200. The van der Waals surface area contributed by atoms with Gasteiger partial charge in [-0.3, -0.25) is 19.4 Å². The van der Waals surface area contributed by atoms with Crippen LogP contribution in [0.1, 0.15) is 31.9 Å². The summed E-state index contributed by atoms with van der Waals surface area (Å²) in [5, 5.41) is 5.01. The summed E-state index contributed by atoms with van der Waals surface area (Å²) in [4.78, 5) is 35.6. The zero-order chi connectivity index (χ0) is 26.4. The van der Waals surface area contributed by atoms with Gasteiger partial charge < -0.3 is 15.2 Å². The van der Waals surface area contributed by atoms with Crippen molar-refractivity contribution in [3.05, 3.63) is 70.9 Å². The van der Waals surface area contributed by atoms with Crippen molar-refractivity contribution in [3.8, 4) is 0 Å². The van der Waals surface area contributed by atoms with E-state index in [9.17, 15) is 9.59 Å². The molecule has 1 aliphatic rings. The van der Waals surface area contributed by atoms with Gasteiger partial charge in [0, 0.05) is 74.4 Å². The number of para-hydroxylation sites is 1. The number of H-pyrrole nitrogens is 1. The van der Waals surface area contributed by atoms with E-state index < -0.39 is 0 Å². The number of carbonyl (C=O) groups is 2. The smallest absolute Gasteiger partial charge is 0.234 e. The van der Waals surface area contributed by atoms with Crippen LogP contribution in [0, 0.1) is 0 Å². The first-order valence-corrected chi connectivity index (χ1v) is 13.5. The van der Waals surface area contributed by atoms with Gasteiger partial charge in [0.15, 0.2) is 0 Å². The number of benzene rings is 2. The molecule has 0 spiro atoms. The first-order valence-electron chi connectivity index (χ1n) is 13.1. The Morgan fingerprint density at radius 2 is 1.73 bits per heavy atom. The standard InChI is InChI=1S/C29H38ClN5O2/c1-21(2)34-14-12-33(13-15-34)20-29(37)32-25(16-24-17-31-28-11-7-5-9-26(24)28)19-35(22(3)36)18-23-8-4-6-10-27(23)30/h4-11,17,21,25,31H,12-16,18-20H2,1-3H3,(H,32,37)/t25-/m1/s1. The van der Waals surface area contributed by atoms with Gasteiger partial charge in [-0.25, -0.2) is 0 Å². The summed E-state index contributed by atoms with van der Waals surface area (Å²) in [6, 6.07) is 16.0. The van der Waals surface area contributed by atoms with Crippen LogP contribution in [0.15, 0.2) is 54.7 Å². The number of hydrogen-bond acceptors (Lipinski definition) is 4. The molecular formula is C29H38ClN5O2. The van der Waals surface area contributed by atoms with Crippen molar-refractivity contribution >= 4 is 34.3 Å². The van der Waals surface area contributed by atoms with E-state index in [0.29, 0.717) is 37.1 Å². The van der Waals surface area contributed by atoms with E-state index in [2.05, 4.69) is 40.0 Å². The van der Waals surface area contributed by atoms with Crippen molar-refractivity contribution in [2.24, 2.45) is 0 Å². The minimum Gasteiger partial charge on any atom is -0.361 e. The lowest BCUT2D eigenvalue weighted by molar-refractivity contribution is -0.131. The summed E-state index contributed by atoms with van der Waals surface area (Å²) in [6.45, 7) is 10.8. The highest BCUT2D eigenvalue weighted by atomic mass is 35.5. The molecule has 0 aliphatic carbocycles. The molecule has 7 nitrogen and oxygen atoms in total. The number of piperazine rings is 1. The second-order valence-electron chi connectivity index (χ2n) is 10.2.